The number of rotatable bonds is 2. The zero-order valence-electron chi connectivity index (χ0n) is 14.0. The van der Waals surface area contributed by atoms with Crippen LogP contribution in [0, 0.1) is 11.8 Å². The number of halogens is 1. The summed E-state index contributed by atoms with van der Waals surface area (Å²) < 4.78 is 27.3. The summed E-state index contributed by atoms with van der Waals surface area (Å²) in [6.07, 6.45) is 2.09. The van der Waals surface area contributed by atoms with Gasteiger partial charge in [0, 0.05) is 19.1 Å². The molecule has 1 aromatic rings. The van der Waals surface area contributed by atoms with Gasteiger partial charge in [-0.15, -0.1) is 12.4 Å². The minimum absolute atomic E-state index is 0. The molecule has 3 unspecified atom stereocenters. The molecule has 3 atom stereocenters. The second kappa shape index (κ2) is 6.36. The normalized spacial score (nSPS) is 28.4. The Balaban J connectivity index is 0.00000192. The predicted molar refractivity (Wildman–Crippen MR) is 95.3 cm³/mol. The van der Waals surface area contributed by atoms with Crippen LogP contribution in [0.1, 0.15) is 39.2 Å². The second-order valence-electron chi connectivity index (χ2n) is 7.76. The van der Waals surface area contributed by atoms with Crippen molar-refractivity contribution in [3.63, 3.8) is 0 Å². The lowest BCUT2D eigenvalue weighted by Gasteiger charge is -2.21. The van der Waals surface area contributed by atoms with Crippen LogP contribution in [-0.2, 0) is 15.4 Å². The van der Waals surface area contributed by atoms with Gasteiger partial charge in [-0.25, -0.2) is 8.42 Å². The van der Waals surface area contributed by atoms with Gasteiger partial charge in [0.25, 0.3) is 0 Å². The van der Waals surface area contributed by atoms with Gasteiger partial charge in [0.1, 0.15) is 0 Å². The SMILES string of the molecule is CC(C)(C)c1ccc(S(=O)(=O)N2CC3CCC(N)C3C2)cc1.Cl. The van der Waals surface area contributed by atoms with Crippen molar-refractivity contribution in [3.05, 3.63) is 29.8 Å². The number of fused-ring (bicyclic) bond motifs is 1. The highest BCUT2D eigenvalue weighted by atomic mass is 35.5. The Bertz CT molecular complexity index is 652. The van der Waals surface area contributed by atoms with E-state index in [0.29, 0.717) is 29.8 Å². The molecule has 0 bridgehead atoms. The van der Waals surface area contributed by atoms with Crippen LogP contribution in [-0.4, -0.2) is 31.9 Å². The van der Waals surface area contributed by atoms with Crippen LogP contribution in [0.4, 0.5) is 0 Å². The molecule has 1 saturated carbocycles. The van der Waals surface area contributed by atoms with E-state index in [4.69, 9.17) is 5.73 Å². The highest BCUT2D eigenvalue weighted by Crippen LogP contribution is 2.39. The van der Waals surface area contributed by atoms with E-state index in [1.807, 2.05) is 12.1 Å². The first-order chi connectivity index (χ1) is 10.2. The fourth-order valence-corrected chi connectivity index (χ4v) is 5.27. The monoisotopic (exact) mass is 358 g/mol. The van der Waals surface area contributed by atoms with Crippen LogP contribution in [0.25, 0.3) is 0 Å². The molecule has 4 nitrogen and oxygen atoms in total. The first-order valence-corrected chi connectivity index (χ1v) is 9.50. The van der Waals surface area contributed by atoms with Crippen LogP contribution >= 0.6 is 12.4 Å². The lowest BCUT2D eigenvalue weighted by Crippen LogP contribution is -2.33. The van der Waals surface area contributed by atoms with Gasteiger partial charge in [-0.2, -0.15) is 4.31 Å². The van der Waals surface area contributed by atoms with Crippen LogP contribution in [0.2, 0.25) is 0 Å². The molecule has 1 aliphatic carbocycles. The molecule has 6 heteroatoms. The minimum atomic E-state index is -3.39. The average molecular weight is 359 g/mol. The molecule has 1 aromatic carbocycles. The molecule has 3 rings (SSSR count). The highest BCUT2D eigenvalue weighted by Gasteiger charge is 2.45. The Hall–Kier alpha value is -0.620. The van der Waals surface area contributed by atoms with E-state index in [1.54, 1.807) is 16.4 Å². The van der Waals surface area contributed by atoms with E-state index in [2.05, 4.69) is 20.8 Å². The smallest absolute Gasteiger partial charge is 0.243 e. The van der Waals surface area contributed by atoms with Gasteiger partial charge in [-0.05, 0) is 47.8 Å². The fraction of sp³-hybridized carbons (Fsp3) is 0.647. The van der Waals surface area contributed by atoms with Crippen molar-refractivity contribution in [1.82, 2.24) is 4.31 Å². The lowest BCUT2D eigenvalue weighted by molar-refractivity contribution is 0.427. The lowest BCUT2D eigenvalue weighted by atomic mass is 9.87. The third-order valence-electron chi connectivity index (χ3n) is 5.24. The van der Waals surface area contributed by atoms with Crippen molar-refractivity contribution in [2.24, 2.45) is 17.6 Å². The Kier molecular flexibility index (Phi) is 5.17. The van der Waals surface area contributed by atoms with E-state index >= 15 is 0 Å². The number of hydrogen-bond donors (Lipinski definition) is 1. The van der Waals surface area contributed by atoms with Gasteiger partial charge in [0.05, 0.1) is 4.90 Å². The summed E-state index contributed by atoms with van der Waals surface area (Å²) in [5.41, 5.74) is 7.28. The Morgan fingerprint density at radius 1 is 1.09 bits per heavy atom. The molecular formula is C17H27ClN2O2S. The molecule has 0 aromatic heterocycles. The van der Waals surface area contributed by atoms with Gasteiger partial charge in [-0.1, -0.05) is 32.9 Å². The standard InChI is InChI=1S/C17H26N2O2S.ClH/c1-17(2,3)13-5-7-14(8-6-13)22(20,21)19-10-12-4-9-16(18)15(12)11-19;/h5-8,12,15-16H,4,9-11,18H2,1-3H3;1H. The molecule has 1 saturated heterocycles. The number of benzene rings is 1. The molecule has 2 aliphatic rings. The van der Waals surface area contributed by atoms with Gasteiger partial charge in [-0.3, -0.25) is 0 Å². The molecule has 23 heavy (non-hydrogen) atoms. The molecule has 130 valence electrons. The molecule has 1 heterocycles. The summed E-state index contributed by atoms with van der Waals surface area (Å²) in [5.74, 6) is 0.780. The Morgan fingerprint density at radius 3 is 2.22 bits per heavy atom. The summed E-state index contributed by atoms with van der Waals surface area (Å²) >= 11 is 0. The summed E-state index contributed by atoms with van der Waals surface area (Å²) in [6, 6.07) is 7.49. The van der Waals surface area contributed by atoms with Crippen molar-refractivity contribution >= 4 is 22.4 Å². The minimum Gasteiger partial charge on any atom is -0.327 e. The average Bonchev–Trinajstić information content (AvgIpc) is 3.01. The van der Waals surface area contributed by atoms with E-state index < -0.39 is 10.0 Å². The Morgan fingerprint density at radius 2 is 1.70 bits per heavy atom. The van der Waals surface area contributed by atoms with Crippen molar-refractivity contribution < 1.29 is 8.42 Å². The summed E-state index contributed by atoms with van der Waals surface area (Å²) in [6.45, 7) is 7.58. The zero-order valence-corrected chi connectivity index (χ0v) is 15.7. The van der Waals surface area contributed by atoms with Gasteiger partial charge in [0.2, 0.25) is 10.0 Å². The predicted octanol–water partition coefficient (Wildman–Crippen LogP) is 2.76. The summed E-state index contributed by atoms with van der Waals surface area (Å²) in [7, 11) is -3.39. The van der Waals surface area contributed by atoms with E-state index in [9.17, 15) is 8.42 Å². The number of sulfonamides is 1. The van der Waals surface area contributed by atoms with Crippen molar-refractivity contribution in [2.75, 3.05) is 13.1 Å². The summed E-state index contributed by atoms with van der Waals surface area (Å²) in [5, 5.41) is 0. The van der Waals surface area contributed by atoms with Crippen LogP contribution in [0.3, 0.4) is 0 Å². The molecule has 1 aliphatic heterocycles. The maximum Gasteiger partial charge on any atom is 0.243 e. The fourth-order valence-electron chi connectivity index (χ4n) is 3.74. The Labute approximate surface area is 145 Å². The van der Waals surface area contributed by atoms with Crippen LogP contribution in [0.15, 0.2) is 29.2 Å². The molecule has 0 radical (unpaired) electrons. The van der Waals surface area contributed by atoms with E-state index in [-0.39, 0.29) is 23.9 Å². The van der Waals surface area contributed by atoms with Crippen LogP contribution in [0.5, 0.6) is 0 Å². The maximum atomic E-state index is 12.8. The maximum absolute atomic E-state index is 12.8. The quantitative estimate of drug-likeness (QED) is 0.884. The zero-order chi connectivity index (χ0) is 16.1. The van der Waals surface area contributed by atoms with Crippen LogP contribution < -0.4 is 5.73 Å². The first kappa shape index (κ1) is 18.7. The molecular weight excluding hydrogens is 332 g/mol. The third kappa shape index (κ3) is 3.43. The van der Waals surface area contributed by atoms with Gasteiger partial charge < -0.3 is 5.73 Å². The van der Waals surface area contributed by atoms with Gasteiger partial charge in [0.15, 0.2) is 0 Å². The first-order valence-electron chi connectivity index (χ1n) is 8.06. The third-order valence-corrected chi connectivity index (χ3v) is 7.08. The number of hydrogen-bond acceptors (Lipinski definition) is 3. The van der Waals surface area contributed by atoms with Gasteiger partial charge >= 0.3 is 0 Å². The topological polar surface area (TPSA) is 63.4 Å². The van der Waals surface area contributed by atoms with E-state index in [1.165, 1.54) is 0 Å². The molecule has 2 fully saturated rings. The van der Waals surface area contributed by atoms with E-state index in [0.717, 1.165) is 18.4 Å². The number of nitrogens with zero attached hydrogens (tertiary/aromatic N) is 1. The molecule has 0 amide bonds. The van der Waals surface area contributed by atoms with Crippen molar-refractivity contribution in [2.45, 2.75) is 50.0 Å². The molecule has 2 N–H and O–H groups in total. The van der Waals surface area contributed by atoms with Crippen molar-refractivity contribution in [1.29, 1.82) is 0 Å². The highest BCUT2D eigenvalue weighted by molar-refractivity contribution is 7.89. The molecule has 0 spiro atoms. The largest absolute Gasteiger partial charge is 0.327 e. The van der Waals surface area contributed by atoms with Crippen molar-refractivity contribution in [3.8, 4) is 0 Å². The number of nitrogens with two attached hydrogens (primary N) is 1. The summed E-state index contributed by atoms with van der Waals surface area (Å²) in [4.78, 5) is 0.397. The second-order valence-corrected chi connectivity index (χ2v) is 9.70.